The van der Waals surface area contributed by atoms with Crippen LogP contribution in [0.5, 0.6) is 5.75 Å². The standard InChI is InChI=1S/C21H25F3N2O4/c1-14-17(20(27)28)13-25(2)19(14)16-5-4-15(12-18(16)21(22,23)24)30-9-3-6-26-7-10-29-11-8-26/h4-5,12-13H,3,6-11H2,1-2H3,(H,27,28). The smallest absolute Gasteiger partial charge is 0.417 e. The number of nitrogens with zero attached hydrogens (tertiary/aromatic N) is 2. The Morgan fingerprint density at radius 1 is 1.27 bits per heavy atom. The quantitative estimate of drug-likeness (QED) is 0.682. The first-order chi connectivity index (χ1) is 14.2. The number of ether oxygens (including phenoxy) is 2. The van der Waals surface area contributed by atoms with Gasteiger partial charge in [0.25, 0.3) is 0 Å². The Kier molecular flexibility index (Phi) is 6.72. The van der Waals surface area contributed by atoms with Crippen LogP contribution in [-0.2, 0) is 18.0 Å². The van der Waals surface area contributed by atoms with Crippen LogP contribution in [0.25, 0.3) is 11.3 Å². The second-order valence-electron chi connectivity index (χ2n) is 7.29. The third-order valence-corrected chi connectivity index (χ3v) is 5.21. The number of benzene rings is 1. The Morgan fingerprint density at radius 2 is 1.97 bits per heavy atom. The van der Waals surface area contributed by atoms with Gasteiger partial charge in [0.1, 0.15) is 5.75 Å². The summed E-state index contributed by atoms with van der Waals surface area (Å²) in [5.74, 6) is -1.04. The van der Waals surface area contributed by atoms with Gasteiger partial charge in [-0.25, -0.2) is 4.79 Å². The van der Waals surface area contributed by atoms with Crippen molar-refractivity contribution in [3.8, 4) is 17.0 Å². The Hall–Kier alpha value is -2.52. The van der Waals surface area contributed by atoms with Crippen molar-refractivity contribution in [2.45, 2.75) is 19.5 Å². The Morgan fingerprint density at radius 3 is 2.57 bits per heavy atom. The van der Waals surface area contributed by atoms with Gasteiger partial charge >= 0.3 is 12.1 Å². The third kappa shape index (κ3) is 4.96. The molecule has 0 spiro atoms. The van der Waals surface area contributed by atoms with Crippen LogP contribution in [0.3, 0.4) is 0 Å². The van der Waals surface area contributed by atoms with Crippen molar-refractivity contribution >= 4 is 5.97 Å². The molecule has 6 nitrogen and oxygen atoms in total. The number of hydrogen-bond donors (Lipinski definition) is 1. The predicted octanol–water partition coefficient (Wildman–Crippen LogP) is 3.82. The molecule has 0 saturated carbocycles. The molecule has 3 rings (SSSR count). The molecule has 1 saturated heterocycles. The summed E-state index contributed by atoms with van der Waals surface area (Å²) in [7, 11) is 1.53. The van der Waals surface area contributed by atoms with Crippen molar-refractivity contribution in [2.75, 3.05) is 39.5 Å². The normalized spacial score (nSPS) is 15.4. The summed E-state index contributed by atoms with van der Waals surface area (Å²) >= 11 is 0. The van der Waals surface area contributed by atoms with E-state index in [4.69, 9.17) is 9.47 Å². The van der Waals surface area contributed by atoms with Crippen molar-refractivity contribution in [1.82, 2.24) is 9.47 Å². The van der Waals surface area contributed by atoms with Gasteiger partial charge in [-0.15, -0.1) is 0 Å². The number of hydrogen-bond acceptors (Lipinski definition) is 4. The largest absolute Gasteiger partial charge is 0.494 e. The number of aryl methyl sites for hydroxylation is 1. The zero-order chi connectivity index (χ0) is 21.9. The molecule has 1 aromatic carbocycles. The zero-order valence-electron chi connectivity index (χ0n) is 17.0. The van der Waals surface area contributed by atoms with Crippen molar-refractivity contribution < 1.29 is 32.5 Å². The number of morpholine rings is 1. The third-order valence-electron chi connectivity index (χ3n) is 5.21. The highest BCUT2D eigenvalue weighted by Crippen LogP contribution is 2.41. The molecule has 0 radical (unpaired) electrons. The van der Waals surface area contributed by atoms with E-state index in [9.17, 15) is 23.1 Å². The topological polar surface area (TPSA) is 63.9 Å². The molecule has 0 atom stereocenters. The summed E-state index contributed by atoms with van der Waals surface area (Å²) < 4.78 is 53.6. The second kappa shape index (κ2) is 9.09. The molecule has 9 heteroatoms. The van der Waals surface area contributed by atoms with E-state index in [1.807, 2.05) is 0 Å². The van der Waals surface area contributed by atoms with Crippen LogP contribution in [0.2, 0.25) is 0 Å². The van der Waals surface area contributed by atoms with Crippen LogP contribution < -0.4 is 4.74 Å². The van der Waals surface area contributed by atoms with Gasteiger partial charge in [-0.05, 0) is 37.1 Å². The first-order valence-electron chi connectivity index (χ1n) is 9.72. The molecular weight excluding hydrogens is 401 g/mol. The maximum absolute atomic E-state index is 13.8. The van der Waals surface area contributed by atoms with E-state index in [0.717, 1.165) is 25.7 Å². The number of halogens is 3. The van der Waals surface area contributed by atoms with Crippen molar-refractivity contribution in [3.63, 3.8) is 0 Å². The number of aromatic carboxylic acids is 1. The molecule has 0 bridgehead atoms. The average Bonchev–Trinajstić information content (AvgIpc) is 3.00. The minimum absolute atomic E-state index is 0.0240. The lowest BCUT2D eigenvalue weighted by molar-refractivity contribution is -0.137. The number of carboxylic acids is 1. The maximum Gasteiger partial charge on any atom is 0.417 e. The number of aromatic nitrogens is 1. The lowest BCUT2D eigenvalue weighted by atomic mass is 9.99. The molecule has 0 amide bonds. The summed E-state index contributed by atoms with van der Waals surface area (Å²) in [4.78, 5) is 13.6. The number of carbonyl (C=O) groups is 1. The van der Waals surface area contributed by atoms with E-state index in [-0.39, 0.29) is 28.1 Å². The lowest BCUT2D eigenvalue weighted by Gasteiger charge is -2.26. The first kappa shape index (κ1) is 22.2. The van der Waals surface area contributed by atoms with Gasteiger partial charge in [-0.1, -0.05) is 0 Å². The Balaban J connectivity index is 1.79. The van der Waals surface area contributed by atoms with Crippen LogP contribution in [0.4, 0.5) is 13.2 Å². The van der Waals surface area contributed by atoms with Crippen LogP contribution in [0.15, 0.2) is 24.4 Å². The van der Waals surface area contributed by atoms with Gasteiger partial charge in [0, 0.05) is 38.4 Å². The monoisotopic (exact) mass is 426 g/mol. The van der Waals surface area contributed by atoms with E-state index >= 15 is 0 Å². The second-order valence-corrected chi connectivity index (χ2v) is 7.29. The van der Waals surface area contributed by atoms with E-state index in [1.54, 1.807) is 0 Å². The molecule has 1 fully saturated rings. The van der Waals surface area contributed by atoms with Crippen LogP contribution in [0.1, 0.15) is 27.9 Å². The first-order valence-corrected chi connectivity index (χ1v) is 9.72. The minimum atomic E-state index is -4.61. The number of carboxylic acid groups (broad SMARTS) is 1. The summed E-state index contributed by atoms with van der Waals surface area (Å²) in [5, 5.41) is 9.27. The van der Waals surface area contributed by atoms with Gasteiger partial charge in [-0.3, -0.25) is 4.90 Å². The molecule has 0 unspecified atom stereocenters. The Bertz CT molecular complexity index is 902. The van der Waals surface area contributed by atoms with Crippen LogP contribution in [-0.4, -0.2) is 60.0 Å². The molecule has 1 aliphatic rings. The molecule has 164 valence electrons. The fourth-order valence-electron chi connectivity index (χ4n) is 3.71. The molecule has 1 aliphatic heterocycles. The molecule has 2 aromatic rings. The molecule has 0 aliphatic carbocycles. The van der Waals surface area contributed by atoms with E-state index < -0.39 is 17.7 Å². The summed E-state index contributed by atoms with van der Waals surface area (Å²) in [6, 6.07) is 3.82. The summed E-state index contributed by atoms with van der Waals surface area (Å²) in [6.07, 6.45) is -2.59. The summed E-state index contributed by atoms with van der Waals surface area (Å²) in [5.41, 5.74) is -0.442. The van der Waals surface area contributed by atoms with Gasteiger partial charge in [0.05, 0.1) is 36.6 Å². The lowest BCUT2D eigenvalue weighted by Crippen LogP contribution is -2.37. The van der Waals surface area contributed by atoms with Gasteiger partial charge in [0.15, 0.2) is 0 Å². The van der Waals surface area contributed by atoms with Gasteiger partial charge in [-0.2, -0.15) is 13.2 Å². The van der Waals surface area contributed by atoms with Crippen molar-refractivity contribution in [2.24, 2.45) is 7.05 Å². The predicted molar refractivity (Wildman–Crippen MR) is 105 cm³/mol. The van der Waals surface area contributed by atoms with E-state index in [2.05, 4.69) is 4.90 Å². The average molecular weight is 426 g/mol. The molecular formula is C21H25F3N2O4. The van der Waals surface area contributed by atoms with Gasteiger partial charge < -0.3 is 19.1 Å². The highest BCUT2D eigenvalue weighted by molar-refractivity contribution is 5.92. The van der Waals surface area contributed by atoms with Crippen molar-refractivity contribution in [3.05, 3.63) is 41.1 Å². The van der Waals surface area contributed by atoms with Crippen LogP contribution >= 0.6 is 0 Å². The molecule has 1 N–H and O–H groups in total. The maximum atomic E-state index is 13.8. The number of alkyl halides is 3. The van der Waals surface area contributed by atoms with Gasteiger partial charge in [0.2, 0.25) is 0 Å². The van der Waals surface area contributed by atoms with E-state index in [1.165, 1.54) is 36.9 Å². The highest BCUT2D eigenvalue weighted by atomic mass is 19.4. The van der Waals surface area contributed by atoms with Crippen molar-refractivity contribution in [1.29, 1.82) is 0 Å². The number of rotatable bonds is 7. The van der Waals surface area contributed by atoms with Crippen LogP contribution in [0, 0.1) is 6.92 Å². The SMILES string of the molecule is Cc1c(C(=O)O)cn(C)c1-c1ccc(OCCCN2CCOCC2)cc1C(F)(F)F. The minimum Gasteiger partial charge on any atom is -0.494 e. The molecule has 30 heavy (non-hydrogen) atoms. The fraction of sp³-hybridized carbons (Fsp3) is 0.476. The molecule has 1 aromatic heterocycles. The fourth-order valence-corrected chi connectivity index (χ4v) is 3.71. The highest BCUT2D eigenvalue weighted by Gasteiger charge is 2.35. The zero-order valence-corrected chi connectivity index (χ0v) is 17.0. The Labute approximate surface area is 172 Å². The summed E-state index contributed by atoms with van der Waals surface area (Å²) in [6.45, 7) is 5.70. The van der Waals surface area contributed by atoms with E-state index in [0.29, 0.717) is 26.2 Å². The molecule has 2 heterocycles.